The van der Waals surface area contributed by atoms with Crippen LogP contribution in [0.5, 0.6) is 5.75 Å². The zero-order valence-corrected chi connectivity index (χ0v) is 12.8. The van der Waals surface area contributed by atoms with Crippen LogP contribution in [0.1, 0.15) is 19.4 Å². The van der Waals surface area contributed by atoms with E-state index in [1.54, 1.807) is 6.21 Å². The molecule has 0 bridgehead atoms. The highest BCUT2D eigenvalue weighted by molar-refractivity contribution is 7.80. The number of hydrogen-bond donors (Lipinski definition) is 2. The molecule has 1 aromatic rings. The molecule has 20 heavy (non-hydrogen) atoms. The molecule has 0 aliphatic rings. The van der Waals surface area contributed by atoms with Crippen LogP contribution in [-0.2, 0) is 0 Å². The van der Waals surface area contributed by atoms with Gasteiger partial charge < -0.3 is 15.4 Å². The molecule has 5 nitrogen and oxygen atoms in total. The second-order valence-electron chi connectivity index (χ2n) is 4.18. The third-order valence-corrected chi connectivity index (χ3v) is 2.93. The van der Waals surface area contributed by atoms with Gasteiger partial charge in [0.2, 0.25) is 0 Å². The van der Waals surface area contributed by atoms with Crippen LogP contribution < -0.4 is 15.9 Å². The number of hydrogen-bond acceptors (Lipinski definition) is 4. The van der Waals surface area contributed by atoms with E-state index in [-0.39, 0.29) is 5.11 Å². The summed E-state index contributed by atoms with van der Waals surface area (Å²) in [4.78, 5) is 2.32. The molecule has 0 unspecified atom stereocenters. The Morgan fingerprint density at radius 3 is 2.55 bits per heavy atom. The summed E-state index contributed by atoms with van der Waals surface area (Å²) in [5.74, 6) is 0.858. The Morgan fingerprint density at radius 1 is 1.35 bits per heavy atom. The van der Waals surface area contributed by atoms with Crippen molar-refractivity contribution in [2.45, 2.75) is 13.8 Å². The van der Waals surface area contributed by atoms with Crippen LogP contribution >= 0.6 is 12.2 Å². The van der Waals surface area contributed by atoms with Gasteiger partial charge in [-0.1, -0.05) is 13.8 Å². The van der Waals surface area contributed by atoms with Gasteiger partial charge in [0, 0.05) is 6.54 Å². The molecule has 0 radical (unpaired) electrons. The van der Waals surface area contributed by atoms with Gasteiger partial charge in [0.1, 0.15) is 12.4 Å². The van der Waals surface area contributed by atoms with E-state index in [9.17, 15) is 0 Å². The van der Waals surface area contributed by atoms with Gasteiger partial charge in [-0.05, 0) is 55.1 Å². The van der Waals surface area contributed by atoms with Crippen LogP contribution in [0, 0.1) is 0 Å². The lowest BCUT2D eigenvalue weighted by Gasteiger charge is -2.17. The molecule has 0 aliphatic heterocycles. The quantitative estimate of drug-likeness (QED) is 0.433. The van der Waals surface area contributed by atoms with Crippen LogP contribution in [0.15, 0.2) is 29.4 Å². The standard InChI is InChI=1S/C14H22N4OS/c1-3-18(4-2)9-10-19-13-7-5-12(6-8-13)11-16-17-14(15)20/h5-8,11H,3-4,9-10H2,1-2H3,(H3,15,17,20)/b16-11-. The molecule has 110 valence electrons. The molecular formula is C14H22N4OS. The Kier molecular flexibility index (Phi) is 7.60. The molecule has 3 N–H and O–H groups in total. The van der Waals surface area contributed by atoms with E-state index < -0.39 is 0 Å². The maximum Gasteiger partial charge on any atom is 0.184 e. The Morgan fingerprint density at radius 2 is 2.00 bits per heavy atom. The molecule has 0 saturated heterocycles. The van der Waals surface area contributed by atoms with Crippen molar-refractivity contribution in [2.75, 3.05) is 26.2 Å². The summed E-state index contributed by atoms with van der Waals surface area (Å²) in [6, 6.07) is 7.70. The van der Waals surface area contributed by atoms with Crippen molar-refractivity contribution in [3.63, 3.8) is 0 Å². The molecule has 0 spiro atoms. The van der Waals surface area contributed by atoms with Crippen LogP contribution in [0.4, 0.5) is 0 Å². The fourth-order valence-corrected chi connectivity index (χ4v) is 1.71. The van der Waals surface area contributed by atoms with Crippen molar-refractivity contribution < 1.29 is 4.74 Å². The molecule has 0 atom stereocenters. The number of hydrazone groups is 1. The summed E-state index contributed by atoms with van der Waals surface area (Å²) < 4.78 is 5.70. The maximum atomic E-state index is 5.70. The third kappa shape index (κ3) is 6.49. The Labute approximate surface area is 125 Å². The lowest BCUT2D eigenvalue weighted by molar-refractivity contribution is 0.223. The van der Waals surface area contributed by atoms with Crippen molar-refractivity contribution in [3.8, 4) is 5.75 Å². The number of benzene rings is 1. The van der Waals surface area contributed by atoms with Gasteiger partial charge in [0.15, 0.2) is 5.11 Å². The van der Waals surface area contributed by atoms with Gasteiger partial charge in [-0.15, -0.1) is 0 Å². The number of nitrogens with zero attached hydrogens (tertiary/aromatic N) is 2. The number of thiocarbonyl (C=S) groups is 1. The summed E-state index contributed by atoms with van der Waals surface area (Å²) >= 11 is 4.65. The monoisotopic (exact) mass is 294 g/mol. The van der Waals surface area contributed by atoms with Crippen molar-refractivity contribution in [2.24, 2.45) is 10.8 Å². The summed E-state index contributed by atoms with van der Waals surface area (Å²) in [6.45, 7) is 8.03. The van der Waals surface area contributed by atoms with Gasteiger partial charge in [0.05, 0.1) is 6.21 Å². The van der Waals surface area contributed by atoms with Crippen LogP contribution in [-0.4, -0.2) is 42.5 Å². The highest BCUT2D eigenvalue weighted by atomic mass is 32.1. The van der Waals surface area contributed by atoms with E-state index in [4.69, 9.17) is 10.5 Å². The average Bonchev–Trinajstić information content (AvgIpc) is 2.45. The molecule has 0 aliphatic carbocycles. The summed E-state index contributed by atoms with van der Waals surface area (Å²) in [5, 5.41) is 4.04. The molecule has 1 aromatic carbocycles. The van der Waals surface area contributed by atoms with Gasteiger partial charge >= 0.3 is 0 Å². The average molecular weight is 294 g/mol. The molecule has 0 saturated carbocycles. The van der Waals surface area contributed by atoms with E-state index >= 15 is 0 Å². The summed E-state index contributed by atoms with van der Waals surface area (Å²) in [6.07, 6.45) is 1.65. The minimum atomic E-state index is 0.151. The third-order valence-electron chi connectivity index (χ3n) is 2.84. The number of nitrogens with one attached hydrogen (secondary N) is 1. The number of ether oxygens (including phenoxy) is 1. The van der Waals surface area contributed by atoms with E-state index in [1.165, 1.54) is 0 Å². The zero-order valence-electron chi connectivity index (χ0n) is 12.0. The second kappa shape index (κ2) is 9.28. The van der Waals surface area contributed by atoms with E-state index in [0.29, 0.717) is 6.61 Å². The van der Waals surface area contributed by atoms with Gasteiger partial charge in [-0.3, -0.25) is 5.43 Å². The molecule has 1 rings (SSSR count). The highest BCUT2D eigenvalue weighted by Gasteiger charge is 1.99. The lowest BCUT2D eigenvalue weighted by atomic mass is 10.2. The smallest absolute Gasteiger partial charge is 0.184 e. The van der Waals surface area contributed by atoms with Crippen LogP contribution in [0.2, 0.25) is 0 Å². The molecule has 0 amide bonds. The van der Waals surface area contributed by atoms with Crippen LogP contribution in [0.25, 0.3) is 0 Å². The topological polar surface area (TPSA) is 62.9 Å². The first-order chi connectivity index (χ1) is 9.65. The number of likely N-dealkylation sites (N-methyl/N-ethyl adjacent to an activating group) is 1. The molecular weight excluding hydrogens is 272 g/mol. The molecule has 0 aromatic heterocycles. The molecule has 0 heterocycles. The molecule has 0 fully saturated rings. The first-order valence-electron chi connectivity index (χ1n) is 6.69. The summed E-state index contributed by atoms with van der Waals surface area (Å²) in [5.41, 5.74) is 8.72. The predicted molar refractivity (Wildman–Crippen MR) is 87.2 cm³/mol. The van der Waals surface area contributed by atoms with Crippen LogP contribution in [0.3, 0.4) is 0 Å². The predicted octanol–water partition coefficient (Wildman–Crippen LogP) is 1.57. The van der Waals surface area contributed by atoms with E-state index in [1.807, 2.05) is 24.3 Å². The van der Waals surface area contributed by atoms with Gasteiger partial charge in [-0.25, -0.2) is 0 Å². The fraction of sp³-hybridized carbons (Fsp3) is 0.429. The van der Waals surface area contributed by atoms with Gasteiger partial charge in [-0.2, -0.15) is 5.10 Å². The number of rotatable bonds is 8. The first kappa shape index (κ1) is 16.4. The van der Waals surface area contributed by atoms with Crippen molar-refractivity contribution in [1.82, 2.24) is 10.3 Å². The maximum absolute atomic E-state index is 5.70. The Bertz CT molecular complexity index is 429. The molecule has 6 heteroatoms. The lowest BCUT2D eigenvalue weighted by Crippen LogP contribution is -2.27. The second-order valence-corrected chi connectivity index (χ2v) is 4.62. The van der Waals surface area contributed by atoms with Crippen molar-refractivity contribution in [1.29, 1.82) is 0 Å². The zero-order chi connectivity index (χ0) is 14.8. The Hall–Kier alpha value is -1.66. The highest BCUT2D eigenvalue weighted by Crippen LogP contribution is 2.11. The SMILES string of the molecule is CCN(CC)CCOc1ccc(/C=N\NC(N)=S)cc1. The summed E-state index contributed by atoms with van der Waals surface area (Å²) in [7, 11) is 0. The first-order valence-corrected chi connectivity index (χ1v) is 7.10. The normalized spacial score (nSPS) is 10.9. The largest absolute Gasteiger partial charge is 0.492 e. The van der Waals surface area contributed by atoms with Crippen molar-refractivity contribution in [3.05, 3.63) is 29.8 Å². The minimum absolute atomic E-state index is 0.151. The number of nitrogens with two attached hydrogens (primary N) is 1. The van der Waals surface area contributed by atoms with E-state index in [2.05, 4.69) is 41.5 Å². The van der Waals surface area contributed by atoms with Gasteiger partial charge in [0.25, 0.3) is 0 Å². The fourth-order valence-electron chi connectivity index (χ4n) is 1.65. The van der Waals surface area contributed by atoms with Crippen molar-refractivity contribution >= 4 is 23.5 Å². The van der Waals surface area contributed by atoms with E-state index in [0.717, 1.165) is 30.9 Å². The minimum Gasteiger partial charge on any atom is -0.492 e. The Balaban J connectivity index is 2.38.